The molecule has 0 saturated heterocycles. The summed E-state index contributed by atoms with van der Waals surface area (Å²) < 4.78 is 27.3. The maximum atomic E-state index is 12.4. The first-order valence-electron chi connectivity index (χ1n) is 6.88. The second-order valence-electron chi connectivity index (χ2n) is 5.59. The first kappa shape index (κ1) is 13.9. The van der Waals surface area contributed by atoms with Gasteiger partial charge in [-0.3, -0.25) is 4.79 Å². The molecular weight excluding hydrogens is 318 g/mol. The summed E-state index contributed by atoms with van der Waals surface area (Å²) in [5.41, 5.74) is -0.389. The monoisotopic (exact) mass is 329 g/mol. The lowest BCUT2D eigenvalue weighted by Crippen LogP contribution is -2.35. The maximum Gasteiger partial charge on any atom is 0.260 e. The fraction of sp³-hybridized carbons (Fsp3) is 0.214. The Balaban J connectivity index is 1.87. The molecule has 3 N–H and O–H groups in total. The van der Waals surface area contributed by atoms with E-state index in [1.54, 1.807) is 6.07 Å². The molecule has 3 aromatic rings. The van der Waals surface area contributed by atoms with Crippen molar-refractivity contribution in [3.63, 3.8) is 0 Å². The van der Waals surface area contributed by atoms with E-state index in [9.17, 15) is 13.2 Å². The Hall–Kier alpha value is -2.70. The number of aromatic nitrogens is 3. The average molecular weight is 329 g/mol. The molecule has 0 atom stereocenters. The van der Waals surface area contributed by atoms with Crippen molar-refractivity contribution in [2.45, 2.75) is 23.3 Å². The lowest BCUT2D eigenvalue weighted by molar-refractivity contribution is 0.571. The Bertz CT molecular complexity index is 1150. The summed E-state index contributed by atoms with van der Waals surface area (Å²) in [6, 6.07) is 6.40. The quantitative estimate of drug-likeness (QED) is 0.652. The van der Waals surface area contributed by atoms with E-state index in [2.05, 4.69) is 19.7 Å². The largest absolute Gasteiger partial charge is 0.339 e. The summed E-state index contributed by atoms with van der Waals surface area (Å²) in [5, 5.41) is 10.0. The molecule has 1 aliphatic rings. The number of nitrogens with one attached hydrogen (secondary N) is 3. The van der Waals surface area contributed by atoms with Gasteiger partial charge in [0.05, 0.1) is 22.7 Å². The summed E-state index contributed by atoms with van der Waals surface area (Å²) in [7, 11) is -3.81. The third-order valence-corrected chi connectivity index (χ3v) is 5.50. The minimum Gasteiger partial charge on any atom is -0.339 e. The normalized spacial score (nSPS) is 16.5. The molecule has 0 aliphatic heterocycles. The van der Waals surface area contributed by atoms with Gasteiger partial charge >= 0.3 is 0 Å². The highest BCUT2D eigenvalue weighted by molar-refractivity contribution is 7.89. The molecule has 0 radical (unpaired) electrons. The summed E-state index contributed by atoms with van der Waals surface area (Å²) in [6.45, 7) is 0. The smallest absolute Gasteiger partial charge is 0.260 e. The van der Waals surface area contributed by atoms with Gasteiger partial charge in [-0.1, -0.05) is 6.07 Å². The molecular formula is C14H11N5O3S. The van der Waals surface area contributed by atoms with Crippen molar-refractivity contribution in [2.75, 3.05) is 0 Å². The summed E-state index contributed by atoms with van der Waals surface area (Å²) in [4.78, 5) is 21.4. The SMILES string of the molecule is N#CC1(NS(=O)(=O)c2ccc3c(c2)[nH]c2nc[nH]c(=O)c23)CC1. The van der Waals surface area contributed by atoms with Gasteiger partial charge in [0, 0.05) is 10.9 Å². The number of aromatic amines is 2. The van der Waals surface area contributed by atoms with Gasteiger partial charge < -0.3 is 9.97 Å². The van der Waals surface area contributed by atoms with Crippen LogP contribution in [0.15, 0.2) is 34.2 Å². The average Bonchev–Trinajstić information content (AvgIpc) is 3.17. The summed E-state index contributed by atoms with van der Waals surface area (Å²) in [5.74, 6) is 0. The maximum absolute atomic E-state index is 12.4. The van der Waals surface area contributed by atoms with E-state index in [0.717, 1.165) is 0 Å². The zero-order valence-electron chi connectivity index (χ0n) is 11.8. The highest BCUT2D eigenvalue weighted by Crippen LogP contribution is 2.36. The van der Waals surface area contributed by atoms with Crippen molar-refractivity contribution in [1.29, 1.82) is 5.26 Å². The van der Waals surface area contributed by atoms with E-state index >= 15 is 0 Å². The van der Waals surface area contributed by atoms with Crippen LogP contribution in [0.5, 0.6) is 0 Å². The number of hydrogen-bond acceptors (Lipinski definition) is 5. The summed E-state index contributed by atoms with van der Waals surface area (Å²) >= 11 is 0. The molecule has 8 nitrogen and oxygen atoms in total. The zero-order chi connectivity index (χ0) is 16.2. The van der Waals surface area contributed by atoms with Crippen molar-refractivity contribution in [1.82, 2.24) is 19.7 Å². The molecule has 0 unspecified atom stereocenters. The van der Waals surface area contributed by atoms with Crippen molar-refractivity contribution in [3.8, 4) is 6.07 Å². The van der Waals surface area contributed by atoms with Gasteiger partial charge in [0.15, 0.2) is 0 Å². The molecule has 2 aromatic heterocycles. The van der Waals surface area contributed by atoms with Gasteiger partial charge in [0.2, 0.25) is 10.0 Å². The van der Waals surface area contributed by atoms with Crippen LogP contribution in [0.1, 0.15) is 12.8 Å². The van der Waals surface area contributed by atoms with Crippen molar-refractivity contribution in [3.05, 3.63) is 34.9 Å². The van der Waals surface area contributed by atoms with E-state index in [1.165, 1.54) is 18.5 Å². The number of nitrogens with zero attached hydrogens (tertiary/aromatic N) is 2. The molecule has 0 bridgehead atoms. The summed E-state index contributed by atoms with van der Waals surface area (Å²) in [6.07, 6.45) is 2.30. The molecule has 1 aliphatic carbocycles. The van der Waals surface area contributed by atoms with Crippen molar-refractivity contribution >= 4 is 32.0 Å². The van der Waals surface area contributed by atoms with E-state index in [1.807, 2.05) is 6.07 Å². The Morgan fingerprint density at radius 2 is 2.13 bits per heavy atom. The number of rotatable bonds is 3. The third-order valence-electron chi connectivity index (χ3n) is 3.97. The van der Waals surface area contributed by atoms with Crippen LogP contribution in [0.2, 0.25) is 0 Å². The molecule has 1 fully saturated rings. The fourth-order valence-corrected chi connectivity index (χ4v) is 3.96. The minimum atomic E-state index is -3.81. The van der Waals surface area contributed by atoms with Crippen LogP contribution in [-0.2, 0) is 10.0 Å². The van der Waals surface area contributed by atoms with Gasteiger partial charge in [-0.15, -0.1) is 0 Å². The van der Waals surface area contributed by atoms with Gasteiger partial charge in [-0.25, -0.2) is 13.4 Å². The number of fused-ring (bicyclic) bond motifs is 3. The van der Waals surface area contributed by atoms with E-state index in [4.69, 9.17) is 5.26 Å². The van der Waals surface area contributed by atoms with Gasteiger partial charge in [0.1, 0.15) is 11.2 Å². The van der Waals surface area contributed by atoms with E-state index in [-0.39, 0.29) is 10.5 Å². The highest BCUT2D eigenvalue weighted by atomic mass is 32.2. The Kier molecular flexibility index (Phi) is 2.67. The lowest BCUT2D eigenvalue weighted by Gasteiger charge is -2.10. The van der Waals surface area contributed by atoms with E-state index in [0.29, 0.717) is 34.8 Å². The molecule has 0 spiro atoms. The molecule has 23 heavy (non-hydrogen) atoms. The van der Waals surface area contributed by atoms with Gasteiger partial charge in [-0.2, -0.15) is 9.98 Å². The number of nitriles is 1. The minimum absolute atomic E-state index is 0.0366. The molecule has 9 heteroatoms. The van der Waals surface area contributed by atoms with Gasteiger partial charge in [0.25, 0.3) is 5.56 Å². The van der Waals surface area contributed by atoms with Crippen molar-refractivity contribution < 1.29 is 8.42 Å². The van der Waals surface area contributed by atoms with E-state index < -0.39 is 15.6 Å². The zero-order valence-corrected chi connectivity index (χ0v) is 12.6. The Morgan fingerprint density at radius 3 is 2.83 bits per heavy atom. The highest BCUT2D eigenvalue weighted by Gasteiger charge is 2.46. The van der Waals surface area contributed by atoms with Crippen LogP contribution in [0.25, 0.3) is 21.9 Å². The second kappa shape index (κ2) is 4.41. The molecule has 4 rings (SSSR count). The molecule has 1 saturated carbocycles. The van der Waals surface area contributed by atoms with Crippen molar-refractivity contribution in [2.24, 2.45) is 0 Å². The molecule has 2 heterocycles. The molecule has 116 valence electrons. The third kappa shape index (κ3) is 2.11. The standard InChI is InChI=1S/C14H11N5O3S/c15-6-14(3-4-14)19-23(21,22)8-1-2-9-10(5-8)18-12-11(9)13(20)17-7-16-12/h1-2,5,7,19H,3-4H2,(H2,16,17,18,20). The topological polar surface area (TPSA) is 132 Å². The van der Waals surface area contributed by atoms with Crippen LogP contribution < -0.4 is 10.3 Å². The van der Waals surface area contributed by atoms with Gasteiger partial charge in [-0.05, 0) is 25.0 Å². The van der Waals surface area contributed by atoms with Crippen LogP contribution in [0.4, 0.5) is 0 Å². The first-order valence-corrected chi connectivity index (χ1v) is 8.37. The van der Waals surface area contributed by atoms with Crippen LogP contribution >= 0.6 is 0 Å². The number of sulfonamides is 1. The number of H-pyrrole nitrogens is 2. The predicted molar refractivity (Wildman–Crippen MR) is 82.1 cm³/mol. The lowest BCUT2D eigenvalue weighted by atomic mass is 10.2. The Morgan fingerprint density at radius 1 is 1.35 bits per heavy atom. The molecule has 0 amide bonds. The first-order chi connectivity index (χ1) is 10.9. The fourth-order valence-electron chi connectivity index (χ4n) is 2.56. The second-order valence-corrected chi connectivity index (χ2v) is 7.27. The van der Waals surface area contributed by atoms with Crippen LogP contribution in [0.3, 0.4) is 0 Å². The van der Waals surface area contributed by atoms with Crippen LogP contribution in [-0.4, -0.2) is 28.9 Å². The molecule has 1 aromatic carbocycles. The van der Waals surface area contributed by atoms with Crippen LogP contribution in [0, 0.1) is 11.3 Å². The number of benzene rings is 1. The Labute approximate surface area is 130 Å². The number of hydrogen-bond donors (Lipinski definition) is 3. The predicted octanol–water partition coefficient (Wildman–Crippen LogP) is 0.739.